The fourth-order valence-electron chi connectivity index (χ4n) is 0.836. The van der Waals surface area contributed by atoms with Gasteiger partial charge in [0.15, 0.2) is 0 Å². The van der Waals surface area contributed by atoms with E-state index in [-0.39, 0.29) is 0 Å². The number of carbonyl (C=O) groups is 1. The van der Waals surface area contributed by atoms with Crippen molar-refractivity contribution in [2.75, 3.05) is 7.05 Å². The molecule has 0 aromatic heterocycles. The van der Waals surface area contributed by atoms with Gasteiger partial charge in [-0.25, -0.2) is 5.06 Å². The molecule has 0 aliphatic rings. The van der Waals surface area contributed by atoms with E-state index in [2.05, 4.69) is 31.9 Å². The number of rotatable bonds is 1. The summed E-state index contributed by atoms with van der Waals surface area (Å²) in [6.07, 6.45) is 0. The lowest BCUT2D eigenvalue weighted by Gasteiger charge is -2.09. The predicted molar refractivity (Wildman–Crippen MR) is 55.7 cm³/mol. The van der Waals surface area contributed by atoms with E-state index in [1.54, 1.807) is 18.2 Å². The van der Waals surface area contributed by atoms with E-state index >= 15 is 0 Å². The van der Waals surface area contributed by atoms with Gasteiger partial charge in [0.2, 0.25) is 0 Å². The van der Waals surface area contributed by atoms with Crippen molar-refractivity contribution in [1.29, 1.82) is 0 Å². The maximum absolute atomic E-state index is 11.3. The number of hydroxylamine groups is 2. The van der Waals surface area contributed by atoms with Gasteiger partial charge in [0.25, 0.3) is 5.91 Å². The van der Waals surface area contributed by atoms with Crippen LogP contribution in [0, 0.1) is 0 Å². The standard InChI is InChI=1S/C8H7Br2NO2/c1-11(13)8(12)6-4-5(9)2-3-7(6)10/h2-4,13H,1H3. The van der Waals surface area contributed by atoms with Crippen LogP contribution < -0.4 is 0 Å². The van der Waals surface area contributed by atoms with Crippen molar-refractivity contribution >= 4 is 37.8 Å². The van der Waals surface area contributed by atoms with Crippen LogP contribution in [0.1, 0.15) is 10.4 Å². The number of amides is 1. The van der Waals surface area contributed by atoms with Crippen LogP contribution in [0.2, 0.25) is 0 Å². The molecule has 0 aliphatic heterocycles. The quantitative estimate of drug-likeness (QED) is 0.640. The van der Waals surface area contributed by atoms with Gasteiger partial charge in [0.05, 0.1) is 5.56 Å². The molecule has 0 radical (unpaired) electrons. The van der Waals surface area contributed by atoms with E-state index in [0.717, 1.165) is 4.47 Å². The van der Waals surface area contributed by atoms with Crippen molar-refractivity contribution in [1.82, 2.24) is 5.06 Å². The Morgan fingerprint density at radius 3 is 2.62 bits per heavy atom. The summed E-state index contributed by atoms with van der Waals surface area (Å²) < 4.78 is 1.45. The summed E-state index contributed by atoms with van der Waals surface area (Å²) in [5, 5.41) is 9.49. The third-order valence-corrected chi connectivity index (χ3v) is 2.64. The van der Waals surface area contributed by atoms with E-state index in [1.165, 1.54) is 7.05 Å². The third kappa shape index (κ3) is 2.52. The van der Waals surface area contributed by atoms with Gasteiger partial charge in [-0.1, -0.05) is 15.9 Å². The predicted octanol–water partition coefficient (Wildman–Crippen LogP) is 2.67. The molecule has 0 aliphatic carbocycles. The average molecular weight is 309 g/mol. The molecule has 0 atom stereocenters. The van der Waals surface area contributed by atoms with E-state index in [9.17, 15) is 4.79 Å². The van der Waals surface area contributed by atoms with Crippen molar-refractivity contribution < 1.29 is 10.0 Å². The highest BCUT2D eigenvalue weighted by molar-refractivity contribution is 9.11. The number of benzene rings is 1. The first-order valence-electron chi connectivity index (χ1n) is 3.44. The number of carbonyl (C=O) groups excluding carboxylic acids is 1. The van der Waals surface area contributed by atoms with Crippen molar-refractivity contribution in [3.63, 3.8) is 0 Å². The van der Waals surface area contributed by atoms with Crippen LogP contribution in [0.25, 0.3) is 0 Å². The fourth-order valence-corrected chi connectivity index (χ4v) is 1.61. The first-order chi connectivity index (χ1) is 6.02. The molecular formula is C8H7Br2NO2. The third-order valence-electron chi connectivity index (χ3n) is 1.45. The summed E-state index contributed by atoms with van der Waals surface area (Å²) in [5.74, 6) is -0.451. The molecule has 1 aromatic carbocycles. The van der Waals surface area contributed by atoms with Crippen LogP contribution in [0.5, 0.6) is 0 Å². The summed E-state index contributed by atoms with van der Waals surface area (Å²) >= 11 is 6.46. The lowest BCUT2D eigenvalue weighted by molar-refractivity contribution is -0.0375. The van der Waals surface area contributed by atoms with Crippen molar-refractivity contribution in [2.24, 2.45) is 0 Å². The number of nitrogens with zero attached hydrogens (tertiary/aromatic N) is 1. The topological polar surface area (TPSA) is 40.5 Å². The van der Waals surface area contributed by atoms with Gasteiger partial charge in [-0.05, 0) is 34.1 Å². The Morgan fingerprint density at radius 1 is 1.46 bits per heavy atom. The van der Waals surface area contributed by atoms with Crippen molar-refractivity contribution in [2.45, 2.75) is 0 Å². The normalized spacial score (nSPS) is 9.85. The molecule has 0 saturated carbocycles. The molecule has 0 heterocycles. The molecule has 5 heteroatoms. The molecule has 1 rings (SSSR count). The molecule has 0 unspecified atom stereocenters. The summed E-state index contributed by atoms with van der Waals surface area (Å²) in [6.45, 7) is 0. The van der Waals surface area contributed by atoms with Gasteiger partial charge in [-0.2, -0.15) is 0 Å². The Morgan fingerprint density at radius 2 is 2.08 bits per heavy atom. The van der Waals surface area contributed by atoms with Crippen LogP contribution in [-0.4, -0.2) is 23.2 Å². The van der Waals surface area contributed by atoms with Crippen LogP contribution in [0.3, 0.4) is 0 Å². The molecule has 1 N–H and O–H groups in total. The summed E-state index contributed by atoms with van der Waals surface area (Å²) in [5.41, 5.74) is 0.416. The Balaban J connectivity index is 3.13. The zero-order valence-electron chi connectivity index (χ0n) is 6.79. The molecule has 0 bridgehead atoms. The molecule has 0 fully saturated rings. The number of hydrogen-bond donors (Lipinski definition) is 1. The maximum atomic E-state index is 11.3. The molecule has 0 saturated heterocycles. The zero-order chi connectivity index (χ0) is 10.0. The summed E-state index contributed by atoms with van der Waals surface area (Å²) in [4.78, 5) is 11.3. The van der Waals surface area contributed by atoms with E-state index < -0.39 is 5.91 Å². The molecule has 0 spiro atoms. The van der Waals surface area contributed by atoms with Crippen LogP contribution >= 0.6 is 31.9 Å². The van der Waals surface area contributed by atoms with Gasteiger partial charge < -0.3 is 0 Å². The van der Waals surface area contributed by atoms with Crippen LogP contribution in [0.15, 0.2) is 27.1 Å². The minimum Gasteiger partial charge on any atom is -0.286 e. The molecule has 13 heavy (non-hydrogen) atoms. The van der Waals surface area contributed by atoms with Crippen molar-refractivity contribution in [3.8, 4) is 0 Å². The highest BCUT2D eigenvalue weighted by Gasteiger charge is 2.13. The van der Waals surface area contributed by atoms with E-state index in [0.29, 0.717) is 15.1 Å². The second-order valence-corrected chi connectivity index (χ2v) is 4.22. The Hall–Kier alpha value is -0.390. The van der Waals surface area contributed by atoms with Crippen LogP contribution in [-0.2, 0) is 0 Å². The summed E-state index contributed by atoms with van der Waals surface area (Å²) in [6, 6.07) is 5.18. The first-order valence-corrected chi connectivity index (χ1v) is 5.03. The van der Waals surface area contributed by atoms with Crippen LogP contribution in [0.4, 0.5) is 0 Å². The van der Waals surface area contributed by atoms with Gasteiger partial charge in [0.1, 0.15) is 0 Å². The monoisotopic (exact) mass is 307 g/mol. The minimum absolute atomic E-state index is 0.416. The fraction of sp³-hybridized carbons (Fsp3) is 0.125. The lowest BCUT2D eigenvalue weighted by Crippen LogP contribution is -2.22. The average Bonchev–Trinajstić information content (AvgIpc) is 2.08. The molecule has 1 aromatic rings. The second kappa shape index (κ2) is 4.21. The van der Waals surface area contributed by atoms with E-state index in [4.69, 9.17) is 5.21 Å². The molecule has 1 amide bonds. The molecular weight excluding hydrogens is 302 g/mol. The minimum atomic E-state index is -0.451. The zero-order valence-corrected chi connectivity index (χ0v) is 9.96. The van der Waals surface area contributed by atoms with Gasteiger partial charge in [-0.3, -0.25) is 10.0 Å². The molecule has 70 valence electrons. The SMILES string of the molecule is CN(O)C(=O)c1cc(Br)ccc1Br. The molecule has 3 nitrogen and oxygen atoms in total. The number of halogens is 2. The largest absolute Gasteiger partial charge is 0.286 e. The van der Waals surface area contributed by atoms with Gasteiger partial charge in [0, 0.05) is 16.0 Å². The highest BCUT2D eigenvalue weighted by Crippen LogP contribution is 2.22. The smallest absolute Gasteiger partial charge is 0.278 e. The van der Waals surface area contributed by atoms with Gasteiger partial charge >= 0.3 is 0 Å². The maximum Gasteiger partial charge on any atom is 0.278 e. The second-order valence-electron chi connectivity index (χ2n) is 2.45. The Kier molecular flexibility index (Phi) is 3.47. The number of hydrogen-bond acceptors (Lipinski definition) is 2. The van der Waals surface area contributed by atoms with Gasteiger partial charge in [-0.15, -0.1) is 0 Å². The van der Waals surface area contributed by atoms with Crippen molar-refractivity contribution in [3.05, 3.63) is 32.7 Å². The summed E-state index contributed by atoms with van der Waals surface area (Å²) in [7, 11) is 1.29. The lowest BCUT2D eigenvalue weighted by atomic mass is 10.2. The highest BCUT2D eigenvalue weighted by atomic mass is 79.9. The first kappa shape index (κ1) is 10.7. The van der Waals surface area contributed by atoms with E-state index in [1.807, 2.05) is 0 Å². The Bertz CT molecular complexity index is 339. The Labute approximate surface area is 92.6 Å².